The predicted molar refractivity (Wildman–Crippen MR) is 139 cm³/mol. The van der Waals surface area contributed by atoms with Gasteiger partial charge < -0.3 is 14.4 Å². The van der Waals surface area contributed by atoms with Gasteiger partial charge in [0.15, 0.2) is 5.54 Å². The van der Waals surface area contributed by atoms with E-state index in [9.17, 15) is 24.5 Å². The predicted octanol–water partition coefficient (Wildman–Crippen LogP) is 4.52. The number of aromatic nitrogens is 1. The lowest BCUT2D eigenvalue weighted by Crippen LogP contribution is -2.57. The fraction of sp³-hybridized carbons (Fsp3) is 0.393. The van der Waals surface area contributed by atoms with Gasteiger partial charge in [-0.1, -0.05) is 48.5 Å². The van der Waals surface area contributed by atoms with E-state index in [0.717, 1.165) is 5.56 Å². The number of hydrogen-bond acceptors (Lipinski definition) is 7. The van der Waals surface area contributed by atoms with E-state index < -0.39 is 40.6 Å². The minimum atomic E-state index is -1.66. The molecule has 1 saturated heterocycles. The number of carbonyl (C=O) groups is 3. The van der Waals surface area contributed by atoms with Crippen molar-refractivity contribution in [3.8, 4) is 0 Å². The van der Waals surface area contributed by atoms with E-state index in [-0.39, 0.29) is 25.3 Å². The summed E-state index contributed by atoms with van der Waals surface area (Å²) < 4.78 is 12.1. The highest BCUT2D eigenvalue weighted by molar-refractivity contribution is 5.96. The number of esters is 1. The molecule has 38 heavy (non-hydrogen) atoms. The number of methoxy groups -OCH3 is 1. The Kier molecular flexibility index (Phi) is 7.26. The van der Waals surface area contributed by atoms with Gasteiger partial charge in [0.05, 0.1) is 18.5 Å². The molecule has 0 spiro atoms. The van der Waals surface area contributed by atoms with Crippen molar-refractivity contribution in [2.75, 3.05) is 13.7 Å². The number of nitro groups is 1. The van der Waals surface area contributed by atoms with Crippen molar-refractivity contribution in [1.82, 2.24) is 9.47 Å². The van der Waals surface area contributed by atoms with Crippen molar-refractivity contribution in [1.29, 1.82) is 0 Å². The van der Waals surface area contributed by atoms with Crippen LogP contribution in [-0.2, 0) is 25.6 Å². The summed E-state index contributed by atoms with van der Waals surface area (Å²) in [7, 11) is 1.21. The van der Waals surface area contributed by atoms with Gasteiger partial charge >= 0.3 is 12.1 Å². The molecule has 1 aromatic heterocycles. The third-order valence-corrected chi connectivity index (χ3v) is 6.84. The molecule has 2 aromatic carbocycles. The maximum atomic E-state index is 13.6. The van der Waals surface area contributed by atoms with E-state index in [1.807, 2.05) is 30.3 Å². The number of likely N-dealkylation sites (tertiary alicyclic amines) is 1. The summed E-state index contributed by atoms with van der Waals surface area (Å²) in [6.45, 7) is 4.64. The number of carbonyl (C=O) groups excluding carboxylic acids is 3. The number of rotatable bonds is 7. The average molecular weight is 522 g/mol. The third kappa shape index (κ3) is 4.98. The highest BCUT2D eigenvalue weighted by atomic mass is 16.6. The molecule has 1 aliphatic rings. The molecular weight excluding hydrogens is 490 g/mol. The standard InChI is InChI=1S/C28H31N3O7/c1-27(2,3)38-26(34)29-17-21(20-12-8-9-13-23(20)29)22(18-31(35)36)28(25(33)37-4)15-14-24(32)30(28)16-19-10-6-5-7-11-19/h5-13,17,22H,14-16,18H2,1-4H3/t22-,28+/m1/s1. The van der Waals surface area contributed by atoms with Gasteiger partial charge in [0.1, 0.15) is 5.60 Å². The third-order valence-electron chi connectivity index (χ3n) is 6.84. The van der Waals surface area contributed by atoms with Crippen molar-refractivity contribution in [3.05, 3.63) is 82.0 Å². The van der Waals surface area contributed by atoms with E-state index in [1.165, 1.54) is 22.8 Å². The first kappa shape index (κ1) is 26.8. The molecule has 0 radical (unpaired) electrons. The van der Waals surface area contributed by atoms with Crippen molar-refractivity contribution < 1.29 is 28.8 Å². The average Bonchev–Trinajstić information content (AvgIpc) is 3.41. The summed E-state index contributed by atoms with van der Waals surface area (Å²) in [6, 6.07) is 16.1. The summed E-state index contributed by atoms with van der Waals surface area (Å²) in [5.74, 6) is -2.14. The Morgan fingerprint density at radius 3 is 2.39 bits per heavy atom. The number of hydrogen-bond donors (Lipinski definition) is 0. The van der Waals surface area contributed by atoms with Crippen LogP contribution in [0.3, 0.4) is 0 Å². The second-order valence-electron chi connectivity index (χ2n) is 10.4. The van der Waals surface area contributed by atoms with Crippen molar-refractivity contribution in [3.63, 3.8) is 0 Å². The molecule has 3 aromatic rings. The molecule has 0 aliphatic carbocycles. The van der Waals surface area contributed by atoms with Crippen LogP contribution in [0.15, 0.2) is 60.8 Å². The molecule has 10 heteroatoms. The van der Waals surface area contributed by atoms with Crippen LogP contribution in [0.5, 0.6) is 0 Å². The Bertz CT molecular complexity index is 1380. The molecule has 2 atom stereocenters. The van der Waals surface area contributed by atoms with E-state index in [4.69, 9.17) is 9.47 Å². The molecule has 0 N–H and O–H groups in total. The molecular formula is C28H31N3O7. The van der Waals surface area contributed by atoms with Crippen LogP contribution in [0.4, 0.5) is 4.79 Å². The lowest BCUT2D eigenvalue weighted by Gasteiger charge is -2.40. The van der Waals surface area contributed by atoms with E-state index in [1.54, 1.807) is 45.0 Å². The number of nitrogens with zero attached hydrogens (tertiary/aromatic N) is 3. The SMILES string of the molecule is COC(=O)[C@@]1([C@H](C[N+](=O)[O-])c2cn(C(=O)OC(C)(C)C)c3ccccc23)CCC(=O)N1Cc1ccccc1. The second-order valence-corrected chi connectivity index (χ2v) is 10.4. The van der Waals surface area contributed by atoms with Crippen LogP contribution in [0.2, 0.25) is 0 Å². The number of para-hydroxylation sites is 1. The Balaban J connectivity index is 1.93. The van der Waals surface area contributed by atoms with Crippen LogP contribution >= 0.6 is 0 Å². The fourth-order valence-electron chi connectivity index (χ4n) is 5.28. The minimum absolute atomic E-state index is 0.0286. The zero-order valence-corrected chi connectivity index (χ0v) is 21.9. The molecule has 1 amide bonds. The molecule has 2 heterocycles. The summed E-state index contributed by atoms with van der Waals surface area (Å²) in [6.07, 6.45) is 0.896. The molecule has 1 fully saturated rings. The van der Waals surface area contributed by atoms with Gasteiger partial charge in [-0.15, -0.1) is 0 Å². The van der Waals surface area contributed by atoms with Gasteiger partial charge in [0.2, 0.25) is 12.5 Å². The van der Waals surface area contributed by atoms with Crippen LogP contribution in [-0.4, -0.2) is 57.2 Å². The molecule has 4 rings (SSSR count). The smallest absolute Gasteiger partial charge is 0.419 e. The highest BCUT2D eigenvalue weighted by Crippen LogP contribution is 2.46. The largest absolute Gasteiger partial charge is 0.467 e. The van der Waals surface area contributed by atoms with Gasteiger partial charge in [-0.05, 0) is 44.4 Å². The Hall–Kier alpha value is -4.21. The topological polar surface area (TPSA) is 121 Å². The Labute approximate surface area is 220 Å². The monoisotopic (exact) mass is 521 g/mol. The van der Waals surface area contributed by atoms with Crippen molar-refractivity contribution >= 4 is 28.9 Å². The summed E-state index contributed by atoms with van der Waals surface area (Å²) in [5.41, 5.74) is -0.796. The number of fused-ring (bicyclic) bond motifs is 1. The first-order chi connectivity index (χ1) is 18.0. The molecule has 0 saturated carbocycles. The zero-order chi connectivity index (χ0) is 27.7. The van der Waals surface area contributed by atoms with Crippen LogP contribution in [0, 0.1) is 10.1 Å². The molecule has 200 valence electrons. The van der Waals surface area contributed by atoms with Crippen molar-refractivity contribution in [2.24, 2.45) is 0 Å². The number of ether oxygens (including phenoxy) is 2. The Morgan fingerprint density at radius 2 is 1.76 bits per heavy atom. The van der Waals surface area contributed by atoms with E-state index in [0.29, 0.717) is 16.5 Å². The fourth-order valence-corrected chi connectivity index (χ4v) is 5.28. The lowest BCUT2D eigenvalue weighted by atomic mass is 9.76. The van der Waals surface area contributed by atoms with Crippen LogP contribution in [0.25, 0.3) is 10.9 Å². The molecule has 0 bridgehead atoms. The number of benzene rings is 2. The van der Waals surface area contributed by atoms with Crippen LogP contribution < -0.4 is 0 Å². The summed E-state index contributed by atoms with van der Waals surface area (Å²) in [5, 5.41) is 12.6. The zero-order valence-electron chi connectivity index (χ0n) is 21.9. The van der Waals surface area contributed by atoms with Gasteiger partial charge in [-0.3, -0.25) is 19.5 Å². The first-order valence-electron chi connectivity index (χ1n) is 12.4. The van der Waals surface area contributed by atoms with Crippen LogP contribution in [0.1, 0.15) is 50.7 Å². The Morgan fingerprint density at radius 1 is 1.11 bits per heavy atom. The molecule has 0 unspecified atom stereocenters. The van der Waals surface area contributed by atoms with Gasteiger partial charge in [-0.25, -0.2) is 9.59 Å². The maximum Gasteiger partial charge on any atom is 0.419 e. The van der Waals surface area contributed by atoms with Gasteiger partial charge in [0.25, 0.3) is 0 Å². The molecule has 10 nitrogen and oxygen atoms in total. The summed E-state index contributed by atoms with van der Waals surface area (Å²) >= 11 is 0. The maximum absolute atomic E-state index is 13.6. The van der Waals surface area contributed by atoms with Gasteiger partial charge in [-0.2, -0.15) is 0 Å². The van der Waals surface area contributed by atoms with Gasteiger partial charge in [0, 0.05) is 29.5 Å². The van der Waals surface area contributed by atoms with E-state index >= 15 is 0 Å². The summed E-state index contributed by atoms with van der Waals surface area (Å²) in [4.78, 5) is 52.9. The van der Waals surface area contributed by atoms with Crippen molar-refractivity contribution in [2.45, 2.75) is 57.2 Å². The molecule has 1 aliphatic heterocycles. The minimum Gasteiger partial charge on any atom is -0.467 e. The lowest BCUT2D eigenvalue weighted by molar-refractivity contribution is -0.485. The highest BCUT2D eigenvalue weighted by Gasteiger charge is 2.59. The van der Waals surface area contributed by atoms with E-state index in [2.05, 4.69) is 0 Å². The first-order valence-corrected chi connectivity index (χ1v) is 12.4. The number of amides is 1. The normalized spacial score (nSPS) is 18.4. The quantitative estimate of drug-likeness (QED) is 0.255. The second kappa shape index (κ2) is 10.3.